The molecule has 2 N–H and O–H groups in total. The van der Waals surface area contributed by atoms with E-state index in [0.717, 1.165) is 12.1 Å². The van der Waals surface area contributed by atoms with Crippen molar-refractivity contribution in [3.05, 3.63) is 41.3 Å². The number of aryl methyl sites for hydroxylation is 1. The van der Waals surface area contributed by atoms with Crippen molar-refractivity contribution in [1.82, 2.24) is 20.2 Å². The van der Waals surface area contributed by atoms with E-state index in [9.17, 15) is 4.79 Å². The highest BCUT2D eigenvalue weighted by Crippen LogP contribution is 2.27. The fraction of sp³-hybridized carbons (Fsp3) is 0.421. The zero-order chi connectivity index (χ0) is 19.8. The lowest BCUT2D eigenvalue weighted by Crippen LogP contribution is -2.32. The Hall–Kier alpha value is -2.87. The summed E-state index contributed by atoms with van der Waals surface area (Å²) in [6.07, 6.45) is 0. The van der Waals surface area contributed by atoms with Gasteiger partial charge in [0, 0.05) is 25.7 Å². The lowest BCUT2D eigenvalue weighted by atomic mass is 10.2. The predicted octanol–water partition coefficient (Wildman–Crippen LogP) is 1.71. The first-order valence-corrected chi connectivity index (χ1v) is 8.66. The number of carbonyl (C=O) groups excluding carboxylic acids is 1. The largest absolute Gasteiger partial charge is 0.493 e. The zero-order valence-corrected chi connectivity index (χ0v) is 16.5. The van der Waals surface area contributed by atoms with Crippen molar-refractivity contribution in [2.75, 3.05) is 46.7 Å². The predicted molar refractivity (Wildman–Crippen MR) is 105 cm³/mol. The lowest BCUT2D eigenvalue weighted by molar-refractivity contribution is 0.0945. The quantitative estimate of drug-likeness (QED) is 0.692. The smallest absolute Gasteiger partial charge is 0.270 e. The van der Waals surface area contributed by atoms with Crippen molar-refractivity contribution in [2.45, 2.75) is 13.5 Å². The number of amides is 1. The summed E-state index contributed by atoms with van der Waals surface area (Å²) in [5, 5.41) is 6.08. The van der Waals surface area contributed by atoms with Gasteiger partial charge in [-0.25, -0.2) is 9.97 Å². The minimum Gasteiger partial charge on any atom is -0.493 e. The van der Waals surface area contributed by atoms with Crippen LogP contribution in [0.4, 0.5) is 5.82 Å². The van der Waals surface area contributed by atoms with Gasteiger partial charge in [-0.1, -0.05) is 6.07 Å². The van der Waals surface area contributed by atoms with Gasteiger partial charge in [0.2, 0.25) is 0 Å². The third-order valence-electron chi connectivity index (χ3n) is 3.84. The molecular formula is C19H27N5O3. The van der Waals surface area contributed by atoms with Gasteiger partial charge < -0.3 is 25.0 Å². The van der Waals surface area contributed by atoms with Crippen LogP contribution in [0.1, 0.15) is 21.9 Å². The maximum absolute atomic E-state index is 12.3. The second kappa shape index (κ2) is 9.72. The standard InChI is InChI=1S/C19H27N5O3/c1-13-22-15(19(25)20-8-9-24(2)3)11-18(23-13)21-12-14-6-7-16(26-4)17(10-14)27-5/h6-7,10-11H,8-9,12H2,1-5H3,(H,20,25)(H,21,22,23). The van der Waals surface area contributed by atoms with Crippen molar-refractivity contribution in [3.8, 4) is 11.5 Å². The number of ether oxygens (including phenoxy) is 2. The van der Waals surface area contributed by atoms with Gasteiger partial charge in [0.05, 0.1) is 14.2 Å². The third-order valence-corrected chi connectivity index (χ3v) is 3.84. The monoisotopic (exact) mass is 373 g/mol. The number of benzene rings is 1. The molecule has 0 spiro atoms. The van der Waals surface area contributed by atoms with Crippen LogP contribution < -0.4 is 20.1 Å². The Kier molecular flexibility index (Phi) is 7.36. The Morgan fingerprint density at radius 3 is 2.52 bits per heavy atom. The summed E-state index contributed by atoms with van der Waals surface area (Å²) in [5.41, 5.74) is 1.34. The first-order chi connectivity index (χ1) is 12.9. The number of hydrogen-bond acceptors (Lipinski definition) is 7. The van der Waals surface area contributed by atoms with Crippen LogP contribution in [0.2, 0.25) is 0 Å². The minimum absolute atomic E-state index is 0.212. The number of aromatic nitrogens is 2. The van der Waals surface area contributed by atoms with Crippen molar-refractivity contribution in [3.63, 3.8) is 0 Å². The van der Waals surface area contributed by atoms with E-state index in [1.807, 2.05) is 37.2 Å². The van der Waals surface area contributed by atoms with Crippen molar-refractivity contribution < 1.29 is 14.3 Å². The summed E-state index contributed by atoms with van der Waals surface area (Å²) in [5.74, 6) is 2.25. The minimum atomic E-state index is -0.212. The molecule has 1 aromatic heterocycles. The van der Waals surface area contributed by atoms with Gasteiger partial charge in [0.25, 0.3) is 5.91 Å². The zero-order valence-electron chi connectivity index (χ0n) is 16.5. The van der Waals surface area contributed by atoms with Crippen LogP contribution in [0, 0.1) is 6.92 Å². The molecule has 1 aromatic carbocycles. The van der Waals surface area contributed by atoms with Crippen LogP contribution >= 0.6 is 0 Å². The summed E-state index contributed by atoms with van der Waals surface area (Å²) in [4.78, 5) is 22.9. The van der Waals surface area contributed by atoms with E-state index in [1.54, 1.807) is 27.2 Å². The summed E-state index contributed by atoms with van der Waals surface area (Å²) in [7, 11) is 7.11. The molecule has 0 bridgehead atoms. The molecular weight excluding hydrogens is 346 g/mol. The number of carbonyl (C=O) groups is 1. The maximum atomic E-state index is 12.3. The van der Waals surface area contributed by atoms with E-state index in [1.165, 1.54) is 0 Å². The average molecular weight is 373 g/mol. The Morgan fingerprint density at radius 2 is 1.85 bits per heavy atom. The highest BCUT2D eigenvalue weighted by molar-refractivity contribution is 5.92. The topological polar surface area (TPSA) is 88.6 Å². The van der Waals surface area contributed by atoms with Crippen LogP contribution in [-0.2, 0) is 6.54 Å². The van der Waals surface area contributed by atoms with E-state index >= 15 is 0 Å². The number of methoxy groups -OCH3 is 2. The van der Waals surface area contributed by atoms with Gasteiger partial charge in [0.1, 0.15) is 17.3 Å². The molecule has 0 aliphatic heterocycles. The molecule has 1 amide bonds. The van der Waals surface area contributed by atoms with Crippen LogP contribution in [0.15, 0.2) is 24.3 Å². The van der Waals surface area contributed by atoms with Gasteiger partial charge in [-0.3, -0.25) is 4.79 Å². The Bertz CT molecular complexity index is 780. The molecule has 8 nitrogen and oxygen atoms in total. The molecule has 0 saturated carbocycles. The molecule has 2 aromatic rings. The summed E-state index contributed by atoms with van der Waals surface area (Å²) in [6, 6.07) is 7.34. The third kappa shape index (κ3) is 6.10. The molecule has 2 rings (SSSR count). The van der Waals surface area contributed by atoms with Crippen LogP contribution in [0.5, 0.6) is 11.5 Å². The molecule has 0 fully saturated rings. The highest BCUT2D eigenvalue weighted by Gasteiger charge is 2.11. The number of nitrogens with zero attached hydrogens (tertiary/aromatic N) is 3. The fourth-order valence-electron chi connectivity index (χ4n) is 2.44. The highest BCUT2D eigenvalue weighted by atomic mass is 16.5. The molecule has 8 heteroatoms. The summed E-state index contributed by atoms with van der Waals surface area (Å²) < 4.78 is 10.6. The number of hydrogen-bond donors (Lipinski definition) is 2. The molecule has 1 heterocycles. The SMILES string of the molecule is COc1ccc(CNc2cc(C(=O)NCCN(C)C)nc(C)n2)cc1OC. The Morgan fingerprint density at radius 1 is 1.11 bits per heavy atom. The molecule has 0 unspecified atom stereocenters. The second-order valence-electron chi connectivity index (χ2n) is 6.29. The van der Waals surface area contributed by atoms with Gasteiger partial charge in [0.15, 0.2) is 11.5 Å². The summed E-state index contributed by atoms with van der Waals surface area (Å²) >= 11 is 0. The number of nitrogens with one attached hydrogen (secondary N) is 2. The van der Waals surface area contributed by atoms with Crippen LogP contribution in [-0.4, -0.2) is 62.2 Å². The molecule has 0 radical (unpaired) electrons. The molecule has 0 saturated heterocycles. The first kappa shape index (κ1) is 20.4. The lowest BCUT2D eigenvalue weighted by Gasteiger charge is -2.12. The van der Waals surface area contributed by atoms with Crippen molar-refractivity contribution >= 4 is 11.7 Å². The van der Waals surface area contributed by atoms with Crippen LogP contribution in [0.25, 0.3) is 0 Å². The Labute approximate surface area is 159 Å². The van der Waals surface area contributed by atoms with Gasteiger partial charge >= 0.3 is 0 Å². The van der Waals surface area contributed by atoms with E-state index in [2.05, 4.69) is 20.6 Å². The number of rotatable bonds is 9. The maximum Gasteiger partial charge on any atom is 0.270 e. The molecule has 0 atom stereocenters. The molecule has 0 aliphatic carbocycles. The molecule has 0 aliphatic rings. The van der Waals surface area contributed by atoms with Gasteiger partial charge in [-0.15, -0.1) is 0 Å². The molecule has 146 valence electrons. The van der Waals surface area contributed by atoms with Gasteiger partial charge in [-0.2, -0.15) is 0 Å². The molecule has 27 heavy (non-hydrogen) atoms. The van der Waals surface area contributed by atoms with E-state index < -0.39 is 0 Å². The second-order valence-corrected chi connectivity index (χ2v) is 6.29. The normalized spacial score (nSPS) is 10.6. The Balaban J connectivity index is 2.04. The van der Waals surface area contributed by atoms with E-state index in [0.29, 0.717) is 41.9 Å². The first-order valence-electron chi connectivity index (χ1n) is 8.66. The van der Waals surface area contributed by atoms with Crippen molar-refractivity contribution in [2.24, 2.45) is 0 Å². The number of likely N-dealkylation sites (N-methyl/N-ethyl adjacent to an activating group) is 1. The van der Waals surface area contributed by atoms with Crippen molar-refractivity contribution in [1.29, 1.82) is 0 Å². The number of anilines is 1. The fourth-order valence-corrected chi connectivity index (χ4v) is 2.44. The van der Waals surface area contributed by atoms with E-state index in [4.69, 9.17) is 9.47 Å². The average Bonchev–Trinajstić information content (AvgIpc) is 2.65. The van der Waals surface area contributed by atoms with E-state index in [-0.39, 0.29) is 5.91 Å². The van der Waals surface area contributed by atoms with Crippen LogP contribution in [0.3, 0.4) is 0 Å². The van der Waals surface area contributed by atoms with Gasteiger partial charge in [-0.05, 0) is 38.7 Å². The summed E-state index contributed by atoms with van der Waals surface area (Å²) in [6.45, 7) is 3.61.